The molecule has 0 saturated carbocycles. The molecule has 0 spiro atoms. The van der Waals surface area contributed by atoms with E-state index in [2.05, 4.69) is 15.4 Å². The van der Waals surface area contributed by atoms with E-state index >= 15 is 0 Å². The van der Waals surface area contributed by atoms with Gasteiger partial charge in [0.05, 0.1) is 12.8 Å². The minimum absolute atomic E-state index is 0.310. The number of anilines is 2. The van der Waals surface area contributed by atoms with Gasteiger partial charge >= 0.3 is 12.0 Å². The number of methoxy groups -OCH3 is 1. The van der Waals surface area contributed by atoms with Crippen molar-refractivity contribution in [2.45, 2.75) is 6.92 Å². The zero-order chi connectivity index (χ0) is 15.4. The van der Waals surface area contributed by atoms with Crippen molar-refractivity contribution in [2.75, 3.05) is 17.7 Å². The Balaban J connectivity index is 2.13. The molecule has 0 aliphatic carbocycles. The Morgan fingerprint density at radius 3 is 2.71 bits per heavy atom. The zero-order valence-corrected chi connectivity index (χ0v) is 12.2. The summed E-state index contributed by atoms with van der Waals surface area (Å²) in [6.07, 6.45) is 0. The van der Waals surface area contributed by atoms with Crippen LogP contribution in [0.1, 0.15) is 15.2 Å². The van der Waals surface area contributed by atoms with Gasteiger partial charge in [0.2, 0.25) is 0 Å². The molecule has 5 nitrogen and oxygen atoms in total. The third kappa shape index (κ3) is 3.57. The summed E-state index contributed by atoms with van der Waals surface area (Å²) in [6.45, 7) is 1.76. The number of rotatable bonds is 3. The Labute approximate surface area is 124 Å². The maximum absolute atomic E-state index is 13.0. The minimum Gasteiger partial charge on any atom is -0.465 e. The van der Waals surface area contributed by atoms with Crippen LogP contribution in [0.5, 0.6) is 0 Å². The first-order valence-electron chi connectivity index (χ1n) is 6.01. The lowest BCUT2D eigenvalue weighted by molar-refractivity contribution is 0.0607. The van der Waals surface area contributed by atoms with Crippen molar-refractivity contribution < 1.29 is 18.7 Å². The molecule has 7 heteroatoms. The molecule has 1 aromatic heterocycles. The number of benzene rings is 1. The van der Waals surface area contributed by atoms with Crippen molar-refractivity contribution in [2.24, 2.45) is 0 Å². The first-order chi connectivity index (χ1) is 10.0. The van der Waals surface area contributed by atoms with Crippen molar-refractivity contribution in [3.8, 4) is 0 Å². The molecule has 0 fully saturated rings. The van der Waals surface area contributed by atoms with Gasteiger partial charge in [0, 0.05) is 5.69 Å². The van der Waals surface area contributed by atoms with Crippen molar-refractivity contribution in [1.82, 2.24) is 0 Å². The molecule has 0 radical (unpaired) electrons. The van der Waals surface area contributed by atoms with Gasteiger partial charge in [-0.05, 0) is 36.1 Å². The summed E-state index contributed by atoms with van der Waals surface area (Å²) in [6, 6.07) is 4.96. The van der Waals surface area contributed by atoms with Crippen LogP contribution in [0.3, 0.4) is 0 Å². The maximum Gasteiger partial charge on any atom is 0.350 e. The average molecular weight is 308 g/mol. The molecular formula is C14H13FN2O3S. The predicted octanol–water partition coefficient (Wildman–Crippen LogP) is 3.63. The van der Waals surface area contributed by atoms with Crippen LogP contribution in [0.25, 0.3) is 0 Å². The SMILES string of the molecule is COC(=O)c1scc(C)c1NC(=O)Nc1cccc(F)c1. The lowest BCUT2D eigenvalue weighted by atomic mass is 10.2. The molecule has 1 heterocycles. The Morgan fingerprint density at radius 2 is 2.05 bits per heavy atom. The number of carbonyl (C=O) groups excluding carboxylic acids is 2. The van der Waals surface area contributed by atoms with Crippen molar-refractivity contribution in [3.63, 3.8) is 0 Å². The highest BCUT2D eigenvalue weighted by Gasteiger charge is 2.18. The van der Waals surface area contributed by atoms with Crippen molar-refractivity contribution in [3.05, 3.63) is 45.9 Å². The first kappa shape index (κ1) is 15.0. The maximum atomic E-state index is 13.0. The number of hydrogen-bond donors (Lipinski definition) is 2. The van der Waals surface area contributed by atoms with E-state index in [1.807, 2.05) is 0 Å². The molecule has 0 saturated heterocycles. The van der Waals surface area contributed by atoms with E-state index < -0.39 is 17.8 Å². The molecule has 0 bridgehead atoms. The van der Waals surface area contributed by atoms with Crippen LogP contribution >= 0.6 is 11.3 Å². The van der Waals surface area contributed by atoms with Gasteiger partial charge in [-0.3, -0.25) is 0 Å². The summed E-state index contributed by atoms with van der Waals surface area (Å²) in [4.78, 5) is 23.8. The van der Waals surface area contributed by atoms with Gasteiger partial charge in [0.1, 0.15) is 10.7 Å². The molecule has 0 atom stereocenters. The van der Waals surface area contributed by atoms with Gasteiger partial charge in [-0.2, -0.15) is 0 Å². The number of amides is 2. The second-order valence-electron chi connectivity index (χ2n) is 4.20. The van der Waals surface area contributed by atoms with E-state index in [9.17, 15) is 14.0 Å². The highest BCUT2D eigenvalue weighted by Crippen LogP contribution is 2.28. The summed E-state index contributed by atoms with van der Waals surface area (Å²) >= 11 is 1.18. The molecular weight excluding hydrogens is 295 g/mol. The lowest BCUT2D eigenvalue weighted by Crippen LogP contribution is -2.21. The smallest absolute Gasteiger partial charge is 0.350 e. The summed E-state index contributed by atoms with van der Waals surface area (Å²) in [5.41, 5.74) is 1.45. The number of nitrogens with one attached hydrogen (secondary N) is 2. The summed E-state index contributed by atoms with van der Waals surface area (Å²) < 4.78 is 17.7. The monoisotopic (exact) mass is 308 g/mol. The number of carbonyl (C=O) groups is 2. The van der Waals surface area contributed by atoms with E-state index in [4.69, 9.17) is 0 Å². The van der Waals surface area contributed by atoms with Gasteiger partial charge in [0.25, 0.3) is 0 Å². The van der Waals surface area contributed by atoms with Crippen LogP contribution in [0.15, 0.2) is 29.6 Å². The first-order valence-corrected chi connectivity index (χ1v) is 6.89. The van der Waals surface area contributed by atoms with Crippen LogP contribution in [-0.4, -0.2) is 19.1 Å². The van der Waals surface area contributed by atoms with Gasteiger partial charge in [-0.15, -0.1) is 11.3 Å². The van der Waals surface area contributed by atoms with Gasteiger partial charge < -0.3 is 15.4 Å². The molecule has 2 amide bonds. The number of aryl methyl sites for hydroxylation is 1. The fraction of sp³-hybridized carbons (Fsp3) is 0.143. The fourth-order valence-electron chi connectivity index (χ4n) is 1.68. The molecule has 2 N–H and O–H groups in total. The predicted molar refractivity (Wildman–Crippen MR) is 79.4 cm³/mol. The number of esters is 1. The number of thiophene rings is 1. The van der Waals surface area contributed by atoms with Gasteiger partial charge in [-0.1, -0.05) is 6.07 Å². The average Bonchev–Trinajstić information content (AvgIpc) is 2.79. The van der Waals surface area contributed by atoms with E-state index in [0.29, 0.717) is 16.3 Å². The third-order valence-electron chi connectivity index (χ3n) is 2.67. The Bertz CT molecular complexity index is 685. The molecule has 0 unspecified atom stereocenters. The van der Waals surface area contributed by atoms with Crippen LogP contribution in [0.4, 0.5) is 20.6 Å². The molecule has 1 aromatic carbocycles. The molecule has 2 aromatic rings. The Morgan fingerprint density at radius 1 is 1.29 bits per heavy atom. The molecule has 21 heavy (non-hydrogen) atoms. The minimum atomic E-state index is -0.563. The van der Waals surface area contributed by atoms with Crippen molar-refractivity contribution in [1.29, 1.82) is 0 Å². The third-order valence-corrected chi connectivity index (χ3v) is 3.74. The van der Waals surface area contributed by atoms with Crippen LogP contribution in [-0.2, 0) is 4.74 Å². The molecule has 0 aliphatic heterocycles. The number of ether oxygens (including phenoxy) is 1. The van der Waals surface area contributed by atoms with Crippen LogP contribution in [0, 0.1) is 12.7 Å². The Kier molecular flexibility index (Phi) is 4.54. The highest BCUT2D eigenvalue weighted by atomic mass is 32.1. The normalized spacial score (nSPS) is 10.0. The van der Waals surface area contributed by atoms with Gasteiger partial charge in [-0.25, -0.2) is 14.0 Å². The van der Waals surface area contributed by atoms with E-state index in [0.717, 1.165) is 5.56 Å². The summed E-state index contributed by atoms with van der Waals surface area (Å²) in [5, 5.41) is 6.81. The lowest BCUT2D eigenvalue weighted by Gasteiger charge is -2.09. The van der Waals surface area contributed by atoms with E-state index in [1.165, 1.54) is 36.6 Å². The van der Waals surface area contributed by atoms with Crippen LogP contribution < -0.4 is 10.6 Å². The summed E-state index contributed by atoms with van der Waals surface area (Å²) in [7, 11) is 1.27. The second kappa shape index (κ2) is 6.36. The highest BCUT2D eigenvalue weighted by molar-refractivity contribution is 7.12. The number of halogens is 1. The number of urea groups is 1. The van der Waals surface area contributed by atoms with E-state index in [-0.39, 0.29) is 0 Å². The standard InChI is InChI=1S/C14H13FN2O3S/c1-8-7-21-12(13(18)20-2)11(8)17-14(19)16-10-5-3-4-9(15)6-10/h3-7H,1-2H3,(H2,16,17,19). The van der Waals surface area contributed by atoms with Gasteiger partial charge in [0.15, 0.2) is 0 Å². The Hall–Kier alpha value is -2.41. The van der Waals surface area contributed by atoms with E-state index in [1.54, 1.807) is 18.4 Å². The molecule has 0 aliphatic rings. The largest absolute Gasteiger partial charge is 0.465 e. The summed E-state index contributed by atoms with van der Waals surface area (Å²) in [5.74, 6) is -0.969. The molecule has 2 rings (SSSR count). The second-order valence-corrected chi connectivity index (χ2v) is 5.08. The zero-order valence-electron chi connectivity index (χ0n) is 11.4. The van der Waals surface area contributed by atoms with Crippen LogP contribution in [0.2, 0.25) is 0 Å². The fourth-order valence-corrected chi connectivity index (χ4v) is 2.61. The number of hydrogen-bond acceptors (Lipinski definition) is 4. The topological polar surface area (TPSA) is 67.4 Å². The quantitative estimate of drug-likeness (QED) is 0.851. The van der Waals surface area contributed by atoms with Crippen molar-refractivity contribution >= 4 is 34.7 Å². The molecule has 110 valence electrons.